The van der Waals surface area contributed by atoms with Crippen molar-refractivity contribution < 1.29 is 0 Å². The van der Waals surface area contributed by atoms with E-state index in [9.17, 15) is 0 Å². The molecule has 0 aliphatic heterocycles. The van der Waals surface area contributed by atoms with E-state index >= 15 is 0 Å². The summed E-state index contributed by atoms with van der Waals surface area (Å²) in [4.78, 5) is 0. The van der Waals surface area contributed by atoms with E-state index in [-0.39, 0.29) is 0 Å². The first-order valence-corrected chi connectivity index (χ1v) is 21.0. The van der Waals surface area contributed by atoms with Gasteiger partial charge in [-0.25, -0.2) is 0 Å². The third-order valence-corrected chi connectivity index (χ3v) is 4.13. The average molecular weight is 1490 g/mol. The molecule has 106 nitrogen and oxygen atoms in total. The molecule has 0 heterocycles. The van der Waals surface area contributed by atoms with Crippen LogP contribution in [0.3, 0.4) is 0 Å². The van der Waals surface area contributed by atoms with Crippen molar-refractivity contribution in [3.63, 3.8) is 0 Å². The molecule has 2 N–H and O–H groups in total. The molecular weight excluding hydrogens is 1480 g/mol. The van der Waals surface area contributed by atoms with E-state index in [0.29, 0.717) is 0 Å². The number of rotatable bonds is 52. The van der Waals surface area contributed by atoms with Gasteiger partial charge in [0.05, 0.1) is 0 Å². The zero-order valence-electron chi connectivity index (χ0n) is 47.5. The molecule has 0 amide bonds. The maximum Gasteiger partial charge on any atom is 0 e. The zero-order chi connectivity index (χ0) is 75.5. The van der Waals surface area contributed by atoms with Crippen LogP contribution in [0.5, 0.6) is 0 Å². The highest BCUT2D eigenvalue weighted by atomic mass is 15.8. The van der Waals surface area contributed by atoms with E-state index in [2.05, 4.69) is 543 Å². The van der Waals surface area contributed by atoms with E-state index in [0.717, 1.165) is 0 Å². The van der Waals surface area contributed by atoms with Gasteiger partial charge in [-0.2, -0.15) is 11.1 Å². The summed E-state index contributed by atoms with van der Waals surface area (Å²) in [5.74, 6) is 0. The Bertz CT molecular complexity index is 3700. The van der Waals surface area contributed by atoms with E-state index in [1.54, 1.807) is 0 Å². The minimum atomic E-state index is 2.50. The molecule has 0 bridgehead atoms. The molecule has 532 valence electrons. The second-order valence-electron chi connectivity index (χ2n) is 9.32. The van der Waals surface area contributed by atoms with E-state index in [1.807, 2.05) is 0 Å². The normalized spacial score (nSPS) is 15.6. The summed E-state index contributed by atoms with van der Waals surface area (Å²) in [6.07, 6.45) is 0. The highest BCUT2D eigenvalue weighted by molar-refractivity contribution is 4.23. The van der Waals surface area contributed by atoms with E-state index in [1.165, 1.54) is 0 Å². The predicted molar refractivity (Wildman–Crippen MR) is 258 cm³/mol. The second kappa shape index (κ2) is 83.8. The Morgan fingerprint density at radius 3 is 0.104 bits per heavy atom. The molecule has 0 aromatic carbocycles. The smallest absolute Gasteiger partial charge is 0 e. The van der Waals surface area contributed by atoms with Crippen molar-refractivity contribution in [3.8, 4) is 0 Å². The first-order valence-electron chi connectivity index (χ1n) is 21.0. The second-order valence-corrected chi connectivity index (χ2v) is 9.32. The van der Waals surface area contributed by atoms with Crippen molar-refractivity contribution in [2.45, 2.75) is 0 Å². The first kappa shape index (κ1) is 84.8. The topological polar surface area (TPSA) is 1330 Å². The van der Waals surface area contributed by atoms with Gasteiger partial charge >= 0.3 is 0 Å². The van der Waals surface area contributed by atoms with Gasteiger partial charge in [0.2, 0.25) is 0 Å². The van der Waals surface area contributed by atoms with Gasteiger partial charge in [0.15, 0.2) is 0 Å². The molecule has 0 aliphatic carbocycles. The van der Waals surface area contributed by atoms with Crippen LogP contribution in [0.15, 0.2) is 543 Å². The number of nitrogens with one attached hydrogen (secondary N) is 2. The van der Waals surface area contributed by atoms with Crippen LogP contribution in [0.1, 0.15) is 0 Å². The summed E-state index contributed by atoms with van der Waals surface area (Å²) in [5, 5.41) is 309. The van der Waals surface area contributed by atoms with Crippen molar-refractivity contribution in [3.05, 3.63) is 0 Å². The standard InChI is InChI=1S/H2N106/c1-3-5-7-9-11-13-15-17-19-21-23-25-27-29-31-33-35-37-39-41-43-45-47-49-51-53-55-57-59-61-63-65-67-69-71-73-75-77-79-81-83-85-87-89-91-93-95-97-99-101-103-105-106-104-102-100-98-96-94-92-90-88-86-84-82-80-78-76-74-72-70-68-66-64-62-60-58-56-54-52-50-48-46-44-42-40-38-36-34-32-30-28-26-24-22-20-18-16-14-12-10-8-6-4-2/h1-2H/b3-1?,4-2?,7-5+,8-6+,11-9+,12-10+,15-13+,16-14+,19-17+,20-18+,23-21+,24-22+,27-25+,28-26+,31-29+,32-30+,35-33+,36-34+,39-37+,40-38+,43-41+,44-42+,47-45+,48-46+,51-49+,52-50+,55-53+,56-54+,59-57+,60-58+,63-61+,64-62+,67-65+,68-66+,71-69+,72-70+,75-73+,76-74+,79-77+,80-78+,83-81+,84-82+,87-85+,88-86+,91-89+,92-90+,95-93+,96-94+,99-97+,100-98+,103-101+,104-102+,106-105+. The van der Waals surface area contributed by atoms with Crippen molar-refractivity contribution in [2.24, 2.45) is 543 Å². The van der Waals surface area contributed by atoms with Crippen LogP contribution in [0.25, 0.3) is 0 Å². The molecular formula is H2N106. The van der Waals surface area contributed by atoms with Crippen molar-refractivity contribution in [1.29, 1.82) is 11.1 Å². The summed E-state index contributed by atoms with van der Waals surface area (Å²) in [6.45, 7) is 0. The third kappa shape index (κ3) is 82.8. The highest BCUT2D eigenvalue weighted by Crippen LogP contribution is 1.99. The van der Waals surface area contributed by atoms with E-state index < -0.39 is 0 Å². The molecule has 0 aromatic heterocycles. The zero-order valence-corrected chi connectivity index (χ0v) is 47.5. The van der Waals surface area contributed by atoms with Gasteiger partial charge < -0.3 is 0 Å². The van der Waals surface area contributed by atoms with Crippen LogP contribution in [0, 0.1) is 11.1 Å². The van der Waals surface area contributed by atoms with Gasteiger partial charge in [-0.15, -0.1) is 0 Å². The molecule has 106 heteroatoms. The quantitative estimate of drug-likeness (QED) is 0.0424. The summed E-state index contributed by atoms with van der Waals surface area (Å²) in [7, 11) is 0. The van der Waals surface area contributed by atoms with Crippen LogP contribution in [0.2, 0.25) is 0 Å². The lowest BCUT2D eigenvalue weighted by molar-refractivity contribution is 0.723. The molecule has 0 saturated heterocycles. The lowest BCUT2D eigenvalue weighted by atomic mass is 12.3. The first-order chi connectivity index (χ1) is 52.9. The molecule has 0 fully saturated rings. The van der Waals surface area contributed by atoms with Gasteiger partial charge in [-0.3, -0.25) is 0 Å². The molecule has 0 unspecified atom stereocenters. The van der Waals surface area contributed by atoms with Crippen LogP contribution >= 0.6 is 0 Å². The Balaban J connectivity index is 4.12. The van der Waals surface area contributed by atoms with Gasteiger partial charge in [0.1, 0.15) is 0 Å². The van der Waals surface area contributed by atoms with Gasteiger partial charge in [-0.05, 0) is 83.6 Å². The van der Waals surface area contributed by atoms with Crippen molar-refractivity contribution in [2.75, 3.05) is 0 Å². The molecule has 0 rings (SSSR count). The Kier molecular flexibility index (Phi) is 67.0. The fraction of sp³-hybridized carbons (Fsp3) is 0. The summed E-state index contributed by atoms with van der Waals surface area (Å²) < 4.78 is 0. The fourth-order valence-corrected chi connectivity index (χ4v) is 1.83. The number of hydrogen-bond acceptors (Lipinski definition) is 2. The molecule has 0 spiro atoms. The Morgan fingerprint density at radius 1 is 0.0472 bits per heavy atom. The van der Waals surface area contributed by atoms with Crippen LogP contribution in [-0.2, 0) is 0 Å². The Hall–Kier alpha value is -21.2. The average Bonchev–Trinajstić information content (AvgIpc) is 3.85. The molecule has 0 radical (unpaired) electrons. The van der Waals surface area contributed by atoms with Crippen molar-refractivity contribution >= 4 is 0 Å². The van der Waals surface area contributed by atoms with E-state index in [4.69, 9.17) is 11.1 Å². The predicted octanol–water partition coefficient (Wildman–Crippen LogP) is 19.7. The maximum atomic E-state index is 6.27. The minimum Gasteiger partial charge on any atom is -0.183 e. The molecule has 0 saturated carbocycles. The summed E-state index contributed by atoms with van der Waals surface area (Å²) in [5.41, 5.74) is 12.5. The molecule has 0 aliphatic rings. The number of hydrogen-bond donors (Lipinski definition) is 2. The Morgan fingerprint density at radius 2 is 0.0755 bits per heavy atom. The third-order valence-electron chi connectivity index (χ3n) is 4.13. The largest absolute Gasteiger partial charge is 0.183 e. The fourth-order valence-electron chi connectivity index (χ4n) is 1.83. The van der Waals surface area contributed by atoms with Gasteiger partial charge in [-0.1, -0.05) is 0 Å². The highest BCUT2D eigenvalue weighted by Gasteiger charge is 1.80. The van der Waals surface area contributed by atoms with Crippen LogP contribution in [0.4, 0.5) is 0 Å². The van der Waals surface area contributed by atoms with Crippen LogP contribution in [-0.4, -0.2) is 0 Å². The lowest BCUT2D eigenvalue weighted by Crippen LogP contribution is -1.52. The van der Waals surface area contributed by atoms with Crippen molar-refractivity contribution in [1.82, 2.24) is 0 Å². The number of nitrogens with zero attached hydrogens (tertiary/aromatic N) is 104. The lowest BCUT2D eigenvalue weighted by Gasteiger charge is -1.71. The Labute approximate surface area is 554 Å². The van der Waals surface area contributed by atoms with Gasteiger partial charge in [0.25, 0.3) is 0 Å². The monoisotopic (exact) mass is 1490 g/mol. The summed E-state index contributed by atoms with van der Waals surface area (Å²) in [6, 6.07) is 0. The molecule has 0 atom stereocenters. The van der Waals surface area contributed by atoms with Crippen LogP contribution < -0.4 is 0 Å². The van der Waals surface area contributed by atoms with Gasteiger partial charge in [0, 0.05) is 460 Å². The maximum absolute atomic E-state index is 6.27. The molecule has 0 aromatic rings. The molecule has 106 heavy (non-hydrogen) atoms. The SMILES string of the molecule is N=N/N=N/N=N/N=N/N=N/N=N/N=N/N=N/N=N/N=N/N=N/N=N/N=N/N=N/N=N/N=N/N=N/N=N/N=N/N=N/N=N/N=N/N=N/N=N/N=N/N=N/N=N/N=N/N=N/N=N/N=N/N=N/N=N/N=N/N=N/N=N/N=N/N=N/N=N/N=N/N=N/N=N/N=N/N=N/N=N/N=N/N=N/N=N/N=N/N=N/N=N/N=N/N=N. The minimum absolute atomic E-state index is 2.50. The summed E-state index contributed by atoms with van der Waals surface area (Å²) >= 11 is 0.